The SMILES string of the molecule is COc1c(C)c2c(c(O[Si](C)(C)C(C)(C)C)c1CC(OC(=O)NC(C)c1ccccc1)C1=CCCC1)C(=O)OC2. The number of esters is 1. The van der Waals surface area contributed by atoms with E-state index in [2.05, 4.69) is 45.3 Å². The Morgan fingerprint density at radius 1 is 1.15 bits per heavy atom. The van der Waals surface area contributed by atoms with Crippen molar-refractivity contribution in [3.05, 3.63) is 69.8 Å². The van der Waals surface area contributed by atoms with Crippen molar-refractivity contribution in [3.8, 4) is 11.5 Å². The van der Waals surface area contributed by atoms with Crippen LogP contribution in [-0.2, 0) is 22.5 Å². The van der Waals surface area contributed by atoms with E-state index >= 15 is 0 Å². The summed E-state index contributed by atoms with van der Waals surface area (Å²) in [7, 11) is -0.745. The molecule has 0 fully saturated rings. The molecule has 2 aromatic carbocycles. The Morgan fingerprint density at radius 2 is 1.85 bits per heavy atom. The first-order valence-electron chi connectivity index (χ1n) is 14.1. The highest BCUT2D eigenvalue weighted by molar-refractivity contribution is 6.74. The molecule has 1 aliphatic heterocycles. The average molecular weight is 566 g/mol. The minimum atomic E-state index is -2.37. The predicted molar refractivity (Wildman–Crippen MR) is 159 cm³/mol. The van der Waals surface area contributed by atoms with Gasteiger partial charge >= 0.3 is 12.1 Å². The summed E-state index contributed by atoms with van der Waals surface area (Å²) >= 11 is 0. The zero-order chi connectivity index (χ0) is 29.2. The number of carbonyl (C=O) groups excluding carboxylic acids is 2. The van der Waals surface area contributed by atoms with E-state index in [1.54, 1.807) is 7.11 Å². The molecule has 4 rings (SSSR count). The molecule has 0 radical (unpaired) electrons. The van der Waals surface area contributed by atoms with Gasteiger partial charge in [-0.3, -0.25) is 0 Å². The van der Waals surface area contributed by atoms with Crippen LogP contribution in [0.25, 0.3) is 0 Å². The summed E-state index contributed by atoms with van der Waals surface area (Å²) < 4.78 is 24.5. The highest BCUT2D eigenvalue weighted by Gasteiger charge is 2.43. The van der Waals surface area contributed by atoms with Crippen LogP contribution in [0.1, 0.15) is 85.6 Å². The van der Waals surface area contributed by atoms with E-state index in [9.17, 15) is 9.59 Å². The molecule has 40 heavy (non-hydrogen) atoms. The third-order valence-electron chi connectivity index (χ3n) is 8.55. The molecule has 2 aliphatic rings. The molecule has 1 N–H and O–H groups in total. The first-order chi connectivity index (χ1) is 18.8. The van der Waals surface area contributed by atoms with Crippen LogP contribution >= 0.6 is 0 Å². The lowest BCUT2D eigenvalue weighted by Crippen LogP contribution is -2.44. The van der Waals surface area contributed by atoms with Crippen molar-refractivity contribution in [2.24, 2.45) is 0 Å². The molecule has 1 heterocycles. The summed E-state index contributed by atoms with van der Waals surface area (Å²) in [5, 5.41) is 2.88. The summed E-state index contributed by atoms with van der Waals surface area (Å²) in [6, 6.07) is 9.58. The van der Waals surface area contributed by atoms with Crippen LogP contribution in [0.15, 0.2) is 42.0 Å². The lowest BCUT2D eigenvalue weighted by atomic mass is 9.92. The highest BCUT2D eigenvalue weighted by atomic mass is 28.4. The normalized spacial score (nSPS) is 16.5. The first kappa shape index (κ1) is 29.7. The molecule has 0 aromatic heterocycles. The zero-order valence-electron chi connectivity index (χ0n) is 25.1. The summed E-state index contributed by atoms with van der Waals surface area (Å²) in [5.41, 5.74) is 4.93. The molecule has 1 aliphatic carbocycles. The van der Waals surface area contributed by atoms with Crippen molar-refractivity contribution in [1.82, 2.24) is 5.32 Å². The fraction of sp³-hybridized carbons (Fsp3) is 0.500. The Morgan fingerprint density at radius 3 is 2.45 bits per heavy atom. The fourth-order valence-electron chi connectivity index (χ4n) is 5.12. The minimum Gasteiger partial charge on any atom is -0.543 e. The highest BCUT2D eigenvalue weighted by Crippen LogP contribution is 2.47. The number of methoxy groups -OCH3 is 1. The molecular weight excluding hydrogens is 522 g/mol. The summed E-state index contributed by atoms with van der Waals surface area (Å²) in [6.45, 7) is 14.9. The number of rotatable bonds is 9. The zero-order valence-corrected chi connectivity index (χ0v) is 26.1. The summed E-state index contributed by atoms with van der Waals surface area (Å²) in [6.07, 6.45) is 4.27. The Labute approximate surface area is 239 Å². The Bertz CT molecular complexity index is 1290. The topological polar surface area (TPSA) is 83.1 Å². The van der Waals surface area contributed by atoms with Gasteiger partial charge in [0.1, 0.15) is 29.8 Å². The maximum absolute atomic E-state index is 13.2. The van der Waals surface area contributed by atoms with E-state index in [-0.39, 0.29) is 23.7 Å². The summed E-state index contributed by atoms with van der Waals surface area (Å²) in [5.74, 6) is 0.774. The Hall–Kier alpha value is -3.26. The number of allylic oxidation sites excluding steroid dienone is 1. The van der Waals surface area contributed by atoms with E-state index in [0.29, 0.717) is 23.5 Å². The van der Waals surface area contributed by atoms with Crippen LogP contribution in [0, 0.1) is 6.92 Å². The third-order valence-corrected chi connectivity index (χ3v) is 12.9. The molecule has 0 spiro atoms. The van der Waals surface area contributed by atoms with Crippen LogP contribution in [0.3, 0.4) is 0 Å². The number of nitrogens with one attached hydrogen (secondary N) is 1. The molecular formula is C32H43NO6Si. The van der Waals surface area contributed by atoms with Crippen LogP contribution in [0.2, 0.25) is 18.1 Å². The molecule has 2 atom stereocenters. The smallest absolute Gasteiger partial charge is 0.408 e. The van der Waals surface area contributed by atoms with Crippen molar-refractivity contribution in [3.63, 3.8) is 0 Å². The lowest BCUT2D eigenvalue weighted by Gasteiger charge is -2.38. The number of alkyl carbamates (subject to hydrolysis) is 1. The molecule has 2 unspecified atom stereocenters. The molecule has 8 heteroatoms. The summed E-state index contributed by atoms with van der Waals surface area (Å²) in [4.78, 5) is 26.3. The van der Waals surface area contributed by atoms with E-state index in [0.717, 1.165) is 47.1 Å². The molecule has 216 valence electrons. The molecule has 0 saturated heterocycles. The van der Waals surface area contributed by atoms with Gasteiger partial charge in [0.15, 0.2) is 0 Å². The number of cyclic esters (lactones) is 1. The standard InChI is InChI=1S/C32H43NO6Si/c1-20-25-19-37-30(34)27(25)29(39-40(7,8)32(3,4)5)24(28(20)36-6)18-26(23-16-12-13-17-23)38-31(35)33-21(2)22-14-10-9-11-15-22/h9-11,14-16,21,26H,12-13,17-19H2,1-8H3,(H,33,35). The van der Waals surface area contributed by atoms with E-state index in [1.807, 2.05) is 44.2 Å². The van der Waals surface area contributed by atoms with Crippen molar-refractivity contribution < 1.29 is 28.2 Å². The molecule has 0 bridgehead atoms. The van der Waals surface area contributed by atoms with Crippen molar-refractivity contribution in [2.75, 3.05) is 7.11 Å². The van der Waals surface area contributed by atoms with Crippen LogP contribution in [0.4, 0.5) is 4.79 Å². The van der Waals surface area contributed by atoms with E-state index in [4.69, 9.17) is 18.6 Å². The van der Waals surface area contributed by atoms with Gasteiger partial charge in [0, 0.05) is 17.5 Å². The van der Waals surface area contributed by atoms with Crippen molar-refractivity contribution in [2.45, 2.75) is 97.2 Å². The number of hydrogen-bond donors (Lipinski definition) is 1. The fourth-order valence-corrected chi connectivity index (χ4v) is 6.16. The third kappa shape index (κ3) is 6.07. The number of benzene rings is 2. The van der Waals surface area contributed by atoms with Gasteiger partial charge < -0.3 is 24.0 Å². The maximum Gasteiger partial charge on any atom is 0.408 e. The second-order valence-electron chi connectivity index (χ2n) is 12.3. The first-order valence-corrected chi connectivity index (χ1v) is 17.0. The van der Waals surface area contributed by atoms with Crippen molar-refractivity contribution >= 4 is 20.4 Å². The van der Waals surface area contributed by atoms with Crippen molar-refractivity contribution in [1.29, 1.82) is 0 Å². The van der Waals surface area contributed by atoms with Gasteiger partial charge in [-0.2, -0.15) is 0 Å². The minimum absolute atomic E-state index is 0.102. The quantitative estimate of drug-likeness (QED) is 0.192. The van der Waals surface area contributed by atoms with Crippen LogP contribution < -0.4 is 14.5 Å². The number of ether oxygens (including phenoxy) is 3. The van der Waals surface area contributed by atoms with E-state index < -0.39 is 20.5 Å². The predicted octanol–water partition coefficient (Wildman–Crippen LogP) is 7.57. The monoisotopic (exact) mass is 565 g/mol. The van der Waals surface area contributed by atoms with Crippen LogP contribution in [0.5, 0.6) is 11.5 Å². The van der Waals surface area contributed by atoms with E-state index in [1.165, 1.54) is 0 Å². The van der Waals surface area contributed by atoms with Crippen LogP contribution in [-0.4, -0.2) is 33.6 Å². The van der Waals surface area contributed by atoms with Gasteiger partial charge in [-0.05, 0) is 67.9 Å². The Kier molecular flexibility index (Phi) is 8.68. The van der Waals surface area contributed by atoms with Gasteiger partial charge in [-0.15, -0.1) is 0 Å². The number of amides is 1. The number of fused-ring (bicyclic) bond motifs is 1. The Balaban J connectivity index is 1.74. The molecule has 7 nitrogen and oxygen atoms in total. The van der Waals surface area contributed by atoms with Gasteiger partial charge in [0.25, 0.3) is 8.32 Å². The van der Waals surface area contributed by atoms with Gasteiger partial charge in [-0.1, -0.05) is 57.2 Å². The number of hydrogen-bond acceptors (Lipinski definition) is 6. The van der Waals surface area contributed by atoms with Gasteiger partial charge in [0.05, 0.1) is 13.2 Å². The second kappa shape index (κ2) is 11.7. The lowest BCUT2D eigenvalue weighted by molar-refractivity contribution is 0.0533. The molecule has 0 saturated carbocycles. The maximum atomic E-state index is 13.2. The second-order valence-corrected chi connectivity index (χ2v) is 17.0. The molecule has 1 amide bonds. The van der Waals surface area contributed by atoms with Gasteiger partial charge in [0.2, 0.25) is 0 Å². The van der Waals surface area contributed by atoms with Gasteiger partial charge in [-0.25, -0.2) is 9.59 Å². The molecule has 2 aromatic rings. The largest absolute Gasteiger partial charge is 0.543 e. The average Bonchev–Trinajstić information content (AvgIpc) is 3.56. The number of carbonyl (C=O) groups is 2.